The SMILES string of the molecule is CCn1cc(O)n(CCCCC(CC)(CC)CCCCOCCCCC(CC)(CC)CCCCCO)c1=O. The highest BCUT2D eigenvalue weighted by Gasteiger charge is 2.26. The maximum atomic E-state index is 12.3. The van der Waals surface area contributed by atoms with Crippen LogP contribution in [0, 0.1) is 10.8 Å². The number of aliphatic hydroxyl groups is 1. The summed E-state index contributed by atoms with van der Waals surface area (Å²) in [4.78, 5) is 12.3. The van der Waals surface area contributed by atoms with Gasteiger partial charge in [-0.05, 0) is 69.1 Å². The molecule has 0 bridgehead atoms. The van der Waals surface area contributed by atoms with Crippen LogP contribution in [0.4, 0.5) is 0 Å². The summed E-state index contributed by atoms with van der Waals surface area (Å²) in [6.45, 7) is 14.5. The zero-order chi connectivity index (χ0) is 28.3. The maximum absolute atomic E-state index is 12.3. The van der Waals surface area contributed by atoms with Crippen LogP contribution < -0.4 is 5.69 Å². The van der Waals surface area contributed by atoms with E-state index in [1.54, 1.807) is 10.8 Å². The molecule has 0 aliphatic rings. The van der Waals surface area contributed by atoms with Crippen LogP contribution in [0.25, 0.3) is 0 Å². The van der Waals surface area contributed by atoms with Crippen molar-refractivity contribution in [1.29, 1.82) is 0 Å². The molecule has 0 radical (unpaired) electrons. The van der Waals surface area contributed by atoms with Gasteiger partial charge in [0, 0.05) is 32.9 Å². The van der Waals surface area contributed by atoms with E-state index < -0.39 is 0 Å². The quantitative estimate of drug-likeness (QED) is 0.123. The average molecular weight is 539 g/mol. The van der Waals surface area contributed by atoms with Gasteiger partial charge in [-0.2, -0.15) is 0 Å². The van der Waals surface area contributed by atoms with Gasteiger partial charge >= 0.3 is 5.69 Å². The first-order valence-electron chi connectivity index (χ1n) is 16.0. The van der Waals surface area contributed by atoms with E-state index in [1.165, 1.54) is 75.2 Å². The van der Waals surface area contributed by atoms with Gasteiger partial charge in [0.2, 0.25) is 5.88 Å². The Labute approximate surface area is 234 Å². The molecule has 0 aromatic carbocycles. The normalized spacial score (nSPS) is 12.5. The zero-order valence-corrected chi connectivity index (χ0v) is 25.7. The minimum atomic E-state index is -0.105. The number of nitrogens with zero attached hydrogens (tertiary/aromatic N) is 2. The largest absolute Gasteiger partial charge is 0.493 e. The van der Waals surface area contributed by atoms with Crippen LogP contribution in [0.3, 0.4) is 0 Å². The van der Waals surface area contributed by atoms with E-state index >= 15 is 0 Å². The molecule has 38 heavy (non-hydrogen) atoms. The third-order valence-corrected chi connectivity index (χ3v) is 9.56. The molecule has 0 spiro atoms. The van der Waals surface area contributed by atoms with Gasteiger partial charge in [-0.1, -0.05) is 85.5 Å². The fraction of sp³-hybridized carbons (Fsp3) is 0.906. The maximum Gasteiger partial charge on any atom is 0.331 e. The summed E-state index contributed by atoms with van der Waals surface area (Å²) in [5.41, 5.74) is 0.755. The van der Waals surface area contributed by atoms with Crippen molar-refractivity contribution < 1.29 is 14.9 Å². The molecule has 1 aromatic heterocycles. The Kier molecular flexibility index (Phi) is 18.1. The van der Waals surface area contributed by atoms with Gasteiger partial charge in [0.1, 0.15) is 0 Å². The highest BCUT2D eigenvalue weighted by atomic mass is 16.5. The van der Waals surface area contributed by atoms with Crippen LogP contribution in [-0.4, -0.2) is 39.2 Å². The summed E-state index contributed by atoms with van der Waals surface area (Å²) in [5.74, 6) is 0.0818. The molecule has 0 aliphatic heterocycles. The summed E-state index contributed by atoms with van der Waals surface area (Å²) in [6, 6.07) is 0. The van der Waals surface area contributed by atoms with Crippen molar-refractivity contribution in [1.82, 2.24) is 9.13 Å². The van der Waals surface area contributed by atoms with Crippen molar-refractivity contribution in [3.63, 3.8) is 0 Å². The number of hydrogen-bond acceptors (Lipinski definition) is 4. The van der Waals surface area contributed by atoms with Crippen LogP contribution in [0.5, 0.6) is 5.88 Å². The van der Waals surface area contributed by atoms with Crippen molar-refractivity contribution in [2.45, 2.75) is 157 Å². The fourth-order valence-corrected chi connectivity index (χ4v) is 6.19. The average Bonchev–Trinajstić information content (AvgIpc) is 3.22. The van der Waals surface area contributed by atoms with E-state index in [0.29, 0.717) is 30.5 Å². The van der Waals surface area contributed by atoms with E-state index in [9.17, 15) is 9.90 Å². The second-order valence-electron chi connectivity index (χ2n) is 11.6. The number of aliphatic hydroxyl groups excluding tert-OH is 1. The van der Waals surface area contributed by atoms with Crippen molar-refractivity contribution in [2.24, 2.45) is 10.8 Å². The molecule has 1 heterocycles. The molecule has 6 nitrogen and oxygen atoms in total. The molecule has 2 N–H and O–H groups in total. The third-order valence-electron chi connectivity index (χ3n) is 9.56. The van der Waals surface area contributed by atoms with Gasteiger partial charge in [0.05, 0.1) is 6.20 Å². The van der Waals surface area contributed by atoms with Gasteiger partial charge < -0.3 is 14.9 Å². The topological polar surface area (TPSA) is 76.6 Å². The molecule has 0 atom stereocenters. The number of aryl methyl sites for hydroxylation is 1. The Morgan fingerprint density at radius 3 is 1.61 bits per heavy atom. The molecule has 1 aromatic rings. The number of unbranched alkanes of at least 4 members (excludes halogenated alkanes) is 5. The number of rotatable bonds is 25. The molecule has 0 unspecified atom stereocenters. The van der Waals surface area contributed by atoms with Crippen LogP contribution in [-0.2, 0) is 17.8 Å². The molecule has 6 heteroatoms. The molecule has 0 aliphatic carbocycles. The van der Waals surface area contributed by atoms with Gasteiger partial charge in [-0.15, -0.1) is 0 Å². The van der Waals surface area contributed by atoms with Crippen LogP contribution in [0.15, 0.2) is 11.0 Å². The van der Waals surface area contributed by atoms with E-state index in [2.05, 4.69) is 27.7 Å². The number of aromatic nitrogens is 2. The predicted molar refractivity (Wildman–Crippen MR) is 160 cm³/mol. The Balaban J connectivity index is 2.24. The van der Waals surface area contributed by atoms with Gasteiger partial charge in [0.15, 0.2) is 0 Å². The molecule has 0 fully saturated rings. The smallest absolute Gasteiger partial charge is 0.331 e. The minimum Gasteiger partial charge on any atom is -0.493 e. The first-order valence-corrected chi connectivity index (χ1v) is 16.0. The lowest BCUT2D eigenvalue weighted by molar-refractivity contribution is 0.113. The Morgan fingerprint density at radius 1 is 0.711 bits per heavy atom. The lowest BCUT2D eigenvalue weighted by atomic mass is 9.74. The van der Waals surface area contributed by atoms with Crippen LogP contribution in [0.1, 0.15) is 144 Å². The highest BCUT2D eigenvalue weighted by Crippen LogP contribution is 2.39. The van der Waals surface area contributed by atoms with Gasteiger partial charge in [-0.25, -0.2) is 4.79 Å². The molecule has 224 valence electrons. The van der Waals surface area contributed by atoms with Gasteiger partial charge in [-0.3, -0.25) is 9.13 Å². The summed E-state index contributed by atoms with van der Waals surface area (Å²) in [7, 11) is 0. The van der Waals surface area contributed by atoms with Crippen LogP contribution in [0.2, 0.25) is 0 Å². The lowest BCUT2D eigenvalue weighted by Crippen LogP contribution is -2.24. The molecule has 0 amide bonds. The molecular formula is C32H62N2O4. The standard InChI is InChI=1S/C32H62N2O4/c1-6-31(7-2,20-12-11-17-25-35)22-14-18-26-38-27-19-15-23-32(8-3,9-4)21-13-16-24-34-29(36)28-33(10-5)30(34)37/h28,35-36H,6-27H2,1-5H3. The molecular weight excluding hydrogens is 476 g/mol. The monoisotopic (exact) mass is 538 g/mol. The zero-order valence-electron chi connectivity index (χ0n) is 25.7. The molecule has 1 rings (SSSR count). The number of imidazole rings is 1. The Morgan fingerprint density at radius 2 is 1.18 bits per heavy atom. The number of hydrogen-bond donors (Lipinski definition) is 2. The highest BCUT2D eigenvalue weighted by molar-refractivity contribution is 5.05. The number of aromatic hydroxyl groups is 1. The van der Waals surface area contributed by atoms with E-state index in [0.717, 1.165) is 51.7 Å². The van der Waals surface area contributed by atoms with Crippen molar-refractivity contribution in [3.05, 3.63) is 16.7 Å². The Hall–Kier alpha value is -1.27. The lowest BCUT2D eigenvalue weighted by Gasteiger charge is -2.32. The molecule has 0 saturated carbocycles. The minimum absolute atomic E-state index is 0.0818. The second-order valence-corrected chi connectivity index (χ2v) is 11.6. The first-order chi connectivity index (χ1) is 18.4. The summed E-state index contributed by atoms with van der Waals surface area (Å²) < 4.78 is 9.07. The predicted octanol–water partition coefficient (Wildman–Crippen LogP) is 8.07. The van der Waals surface area contributed by atoms with Crippen molar-refractivity contribution >= 4 is 0 Å². The first kappa shape index (κ1) is 34.8. The van der Waals surface area contributed by atoms with Gasteiger partial charge in [0.25, 0.3) is 0 Å². The summed E-state index contributed by atoms with van der Waals surface area (Å²) in [5, 5.41) is 19.1. The number of ether oxygens (including phenoxy) is 1. The second kappa shape index (κ2) is 19.7. The molecule has 0 saturated heterocycles. The summed E-state index contributed by atoms with van der Waals surface area (Å²) in [6.07, 6.45) is 21.6. The van der Waals surface area contributed by atoms with Crippen molar-refractivity contribution in [2.75, 3.05) is 19.8 Å². The Bertz CT molecular complexity index is 762. The third kappa shape index (κ3) is 11.9. The fourth-order valence-electron chi connectivity index (χ4n) is 6.19. The van der Waals surface area contributed by atoms with E-state index in [1.807, 2.05) is 6.92 Å². The van der Waals surface area contributed by atoms with E-state index in [-0.39, 0.29) is 11.6 Å². The van der Waals surface area contributed by atoms with Crippen molar-refractivity contribution in [3.8, 4) is 5.88 Å². The van der Waals surface area contributed by atoms with Crippen LogP contribution >= 0.6 is 0 Å². The van der Waals surface area contributed by atoms with E-state index in [4.69, 9.17) is 9.84 Å². The summed E-state index contributed by atoms with van der Waals surface area (Å²) >= 11 is 0.